The Hall–Kier alpha value is -1.44. The first-order chi connectivity index (χ1) is 10.1. The highest BCUT2D eigenvalue weighted by atomic mass is 32.2. The molecule has 1 fully saturated rings. The number of aryl methyl sites for hydroxylation is 1. The summed E-state index contributed by atoms with van der Waals surface area (Å²) in [5, 5.41) is 11.2. The molecule has 1 heterocycles. The summed E-state index contributed by atoms with van der Waals surface area (Å²) >= 11 is 0. The second kappa shape index (κ2) is 5.98. The zero-order valence-electron chi connectivity index (χ0n) is 13.1. The maximum atomic E-state index is 12.5. The molecule has 1 atom stereocenters. The molecule has 1 amide bonds. The van der Waals surface area contributed by atoms with E-state index in [2.05, 4.69) is 10.6 Å². The van der Waals surface area contributed by atoms with Gasteiger partial charge in [0.05, 0.1) is 10.9 Å². The lowest BCUT2D eigenvalue weighted by Gasteiger charge is -2.38. The number of rotatable bonds is 3. The van der Waals surface area contributed by atoms with E-state index in [1.165, 1.54) is 6.07 Å². The van der Waals surface area contributed by atoms with Crippen molar-refractivity contribution in [2.45, 2.75) is 44.6 Å². The maximum Gasteiger partial charge on any atom is 0.242 e. The molecule has 7 heteroatoms. The summed E-state index contributed by atoms with van der Waals surface area (Å²) in [7, 11) is -3.81. The van der Waals surface area contributed by atoms with Gasteiger partial charge >= 0.3 is 0 Å². The molecule has 122 valence electrons. The lowest BCUT2D eigenvalue weighted by molar-refractivity contribution is -0.121. The molecule has 1 aliphatic rings. The lowest BCUT2D eigenvalue weighted by Crippen LogP contribution is -2.53. The van der Waals surface area contributed by atoms with E-state index < -0.39 is 10.0 Å². The first-order valence-corrected chi connectivity index (χ1v) is 8.83. The molecule has 0 spiro atoms. The molecule has 0 aliphatic carbocycles. The molecule has 0 bridgehead atoms. The second-order valence-electron chi connectivity index (χ2n) is 6.49. The minimum Gasteiger partial charge on any atom is -0.325 e. The van der Waals surface area contributed by atoms with E-state index in [1.54, 1.807) is 19.1 Å². The molecule has 0 radical (unpaired) electrons. The van der Waals surface area contributed by atoms with E-state index in [0.29, 0.717) is 11.3 Å². The smallest absolute Gasteiger partial charge is 0.242 e. The van der Waals surface area contributed by atoms with Crippen molar-refractivity contribution in [3.8, 4) is 0 Å². The standard InChI is InChI=1S/C15H23N3O3S/c1-10-5-6-11(9-12(10)22(16,20)21)18-14(19)13-15(2,3)7-4-8-17-13/h5-6,9,13,17H,4,7-8H2,1-3H3,(H,18,19)(H2,16,20,21). The molecule has 1 aliphatic heterocycles. The molecule has 2 rings (SSSR count). The van der Waals surface area contributed by atoms with Gasteiger partial charge in [-0.2, -0.15) is 0 Å². The van der Waals surface area contributed by atoms with Gasteiger partial charge in [-0.05, 0) is 49.4 Å². The van der Waals surface area contributed by atoms with Gasteiger partial charge in [0.1, 0.15) is 0 Å². The molecule has 1 unspecified atom stereocenters. The summed E-state index contributed by atoms with van der Waals surface area (Å²) in [6.07, 6.45) is 2.01. The molecule has 6 nitrogen and oxygen atoms in total. The number of piperidine rings is 1. The summed E-state index contributed by atoms with van der Waals surface area (Å²) < 4.78 is 23.1. The van der Waals surface area contributed by atoms with E-state index in [1.807, 2.05) is 13.8 Å². The summed E-state index contributed by atoms with van der Waals surface area (Å²) in [5.74, 6) is -0.158. The van der Waals surface area contributed by atoms with E-state index in [-0.39, 0.29) is 22.3 Å². The number of primary sulfonamides is 1. The number of carbonyl (C=O) groups excluding carboxylic acids is 1. The van der Waals surface area contributed by atoms with Gasteiger partial charge in [0, 0.05) is 5.69 Å². The third kappa shape index (κ3) is 3.66. The van der Waals surface area contributed by atoms with E-state index in [0.717, 1.165) is 19.4 Å². The van der Waals surface area contributed by atoms with Crippen molar-refractivity contribution in [3.05, 3.63) is 23.8 Å². The van der Waals surface area contributed by atoms with Crippen LogP contribution in [-0.2, 0) is 14.8 Å². The highest BCUT2D eigenvalue weighted by Crippen LogP contribution is 2.31. The maximum absolute atomic E-state index is 12.5. The van der Waals surface area contributed by atoms with Gasteiger partial charge in [-0.15, -0.1) is 0 Å². The van der Waals surface area contributed by atoms with Crippen LogP contribution in [0.25, 0.3) is 0 Å². The van der Waals surface area contributed by atoms with Crippen LogP contribution in [0, 0.1) is 12.3 Å². The Balaban J connectivity index is 2.22. The average Bonchev–Trinajstić information content (AvgIpc) is 2.39. The number of nitrogens with two attached hydrogens (primary N) is 1. The van der Waals surface area contributed by atoms with Gasteiger partial charge < -0.3 is 10.6 Å². The van der Waals surface area contributed by atoms with Crippen LogP contribution in [0.5, 0.6) is 0 Å². The van der Waals surface area contributed by atoms with Crippen LogP contribution in [0.2, 0.25) is 0 Å². The van der Waals surface area contributed by atoms with Crippen molar-refractivity contribution in [2.75, 3.05) is 11.9 Å². The van der Waals surface area contributed by atoms with Crippen LogP contribution in [0.15, 0.2) is 23.1 Å². The van der Waals surface area contributed by atoms with Crippen LogP contribution >= 0.6 is 0 Å². The Kier molecular flexibility index (Phi) is 4.60. The van der Waals surface area contributed by atoms with Crippen LogP contribution in [-0.4, -0.2) is 26.9 Å². The molecule has 1 aromatic rings. The first-order valence-electron chi connectivity index (χ1n) is 7.29. The first kappa shape index (κ1) is 16.9. The topological polar surface area (TPSA) is 101 Å². The zero-order chi connectivity index (χ0) is 16.5. The van der Waals surface area contributed by atoms with Crippen molar-refractivity contribution in [3.63, 3.8) is 0 Å². The fourth-order valence-electron chi connectivity index (χ4n) is 2.86. The number of carbonyl (C=O) groups is 1. The van der Waals surface area contributed by atoms with Crippen molar-refractivity contribution in [2.24, 2.45) is 10.6 Å². The molecular formula is C15H23N3O3S. The van der Waals surface area contributed by atoms with Gasteiger partial charge in [-0.25, -0.2) is 13.6 Å². The average molecular weight is 325 g/mol. The van der Waals surface area contributed by atoms with E-state index in [4.69, 9.17) is 5.14 Å². The SMILES string of the molecule is Cc1ccc(NC(=O)C2NCCCC2(C)C)cc1S(N)(=O)=O. The monoisotopic (exact) mass is 325 g/mol. The van der Waals surface area contributed by atoms with E-state index in [9.17, 15) is 13.2 Å². The quantitative estimate of drug-likeness (QED) is 0.781. The van der Waals surface area contributed by atoms with Gasteiger partial charge in [0.25, 0.3) is 0 Å². The predicted octanol–water partition coefficient (Wildman–Crippen LogP) is 1.36. The van der Waals surface area contributed by atoms with Gasteiger partial charge in [0.15, 0.2) is 0 Å². The highest BCUT2D eigenvalue weighted by Gasteiger charge is 2.37. The van der Waals surface area contributed by atoms with Crippen LogP contribution in [0.4, 0.5) is 5.69 Å². The normalized spacial score (nSPS) is 21.4. The van der Waals surface area contributed by atoms with Crippen molar-refractivity contribution < 1.29 is 13.2 Å². The zero-order valence-corrected chi connectivity index (χ0v) is 14.0. The Labute approximate surface area is 131 Å². The van der Waals surface area contributed by atoms with Gasteiger partial charge in [-0.3, -0.25) is 4.79 Å². The van der Waals surface area contributed by atoms with Crippen LogP contribution in [0.1, 0.15) is 32.3 Å². The number of nitrogens with one attached hydrogen (secondary N) is 2. The summed E-state index contributed by atoms with van der Waals surface area (Å²) in [6.45, 7) is 6.57. The summed E-state index contributed by atoms with van der Waals surface area (Å²) in [4.78, 5) is 12.5. The molecule has 4 N–H and O–H groups in total. The third-order valence-corrected chi connectivity index (χ3v) is 5.21. The number of hydrogen-bond acceptors (Lipinski definition) is 4. The Morgan fingerprint density at radius 2 is 2.09 bits per heavy atom. The minimum absolute atomic E-state index is 0.0289. The van der Waals surface area contributed by atoms with Gasteiger partial charge in [0.2, 0.25) is 15.9 Å². The summed E-state index contributed by atoms with van der Waals surface area (Å²) in [6, 6.07) is 4.41. The third-order valence-electron chi connectivity index (χ3n) is 4.15. The van der Waals surface area contributed by atoms with Crippen molar-refractivity contribution in [1.82, 2.24) is 5.32 Å². The fourth-order valence-corrected chi connectivity index (χ4v) is 3.67. The lowest BCUT2D eigenvalue weighted by atomic mass is 9.77. The van der Waals surface area contributed by atoms with Crippen LogP contribution < -0.4 is 15.8 Å². The molecule has 1 saturated heterocycles. The molecule has 22 heavy (non-hydrogen) atoms. The number of sulfonamides is 1. The fraction of sp³-hybridized carbons (Fsp3) is 0.533. The Morgan fingerprint density at radius 3 is 2.68 bits per heavy atom. The number of benzene rings is 1. The highest BCUT2D eigenvalue weighted by molar-refractivity contribution is 7.89. The number of anilines is 1. The molecule has 0 aromatic heterocycles. The minimum atomic E-state index is -3.81. The molecule has 0 saturated carbocycles. The largest absolute Gasteiger partial charge is 0.325 e. The molecular weight excluding hydrogens is 302 g/mol. The Bertz CT molecular complexity index is 683. The Morgan fingerprint density at radius 1 is 1.41 bits per heavy atom. The molecule has 1 aromatic carbocycles. The van der Waals surface area contributed by atoms with Crippen molar-refractivity contribution >= 4 is 21.6 Å². The van der Waals surface area contributed by atoms with E-state index >= 15 is 0 Å². The van der Waals surface area contributed by atoms with Crippen LogP contribution in [0.3, 0.4) is 0 Å². The summed E-state index contributed by atoms with van der Waals surface area (Å²) in [5.41, 5.74) is 0.843. The van der Waals surface area contributed by atoms with Gasteiger partial charge in [-0.1, -0.05) is 19.9 Å². The predicted molar refractivity (Wildman–Crippen MR) is 86.0 cm³/mol. The second-order valence-corrected chi connectivity index (χ2v) is 8.02. The number of hydrogen-bond donors (Lipinski definition) is 3. The number of amides is 1. The van der Waals surface area contributed by atoms with Crippen molar-refractivity contribution in [1.29, 1.82) is 0 Å².